The van der Waals surface area contributed by atoms with Gasteiger partial charge in [0.1, 0.15) is 0 Å². The lowest BCUT2D eigenvalue weighted by atomic mass is 10.2. The number of aliphatic carboxylic acids is 1. The van der Waals surface area contributed by atoms with Crippen molar-refractivity contribution in [1.82, 2.24) is 0 Å². The molecule has 0 saturated carbocycles. The zero-order chi connectivity index (χ0) is 9.84. The van der Waals surface area contributed by atoms with Gasteiger partial charge in [-0.05, 0) is 75.0 Å². The molecule has 0 aliphatic carbocycles. The van der Waals surface area contributed by atoms with Crippen LogP contribution in [0.5, 0.6) is 0 Å². The first kappa shape index (κ1) is 11.0. The average molecular weight is 400 g/mol. The molecule has 0 aromatic heterocycles. The van der Waals surface area contributed by atoms with Gasteiger partial charge < -0.3 is 5.11 Å². The molecule has 1 N–H and O–H groups in total. The molecule has 0 unspecified atom stereocenters. The van der Waals surface area contributed by atoms with Crippen LogP contribution in [-0.4, -0.2) is 11.1 Å². The largest absolute Gasteiger partial charge is 0.478 e. The summed E-state index contributed by atoms with van der Waals surface area (Å²) in [5, 5.41) is 8.42. The van der Waals surface area contributed by atoms with Gasteiger partial charge in [0.15, 0.2) is 0 Å². The molecular weight excluding hydrogens is 394 g/mol. The molecule has 2 nitrogen and oxygen atoms in total. The molecule has 0 aliphatic heterocycles. The van der Waals surface area contributed by atoms with Crippen molar-refractivity contribution in [3.63, 3.8) is 0 Å². The maximum absolute atomic E-state index is 10.3. The molecule has 1 aromatic rings. The number of carboxylic acid groups (broad SMARTS) is 1. The fourth-order valence-electron chi connectivity index (χ4n) is 0.839. The summed E-state index contributed by atoms with van der Waals surface area (Å²) in [5.74, 6) is -0.922. The second-order valence-electron chi connectivity index (χ2n) is 2.37. The molecule has 68 valence electrons. The molecule has 0 atom stereocenters. The highest BCUT2D eigenvalue weighted by Gasteiger charge is 1.94. The van der Waals surface area contributed by atoms with Crippen molar-refractivity contribution in [2.75, 3.05) is 0 Å². The van der Waals surface area contributed by atoms with Crippen LogP contribution in [-0.2, 0) is 4.79 Å². The SMILES string of the molecule is O=C(O)C=Cc1cc(I)cc(I)c1. The van der Waals surface area contributed by atoms with Crippen LogP contribution in [0.3, 0.4) is 0 Å². The number of benzene rings is 1. The third kappa shape index (κ3) is 4.08. The lowest BCUT2D eigenvalue weighted by Gasteiger charge is -1.96. The minimum Gasteiger partial charge on any atom is -0.478 e. The molecule has 0 heterocycles. The summed E-state index contributed by atoms with van der Waals surface area (Å²) >= 11 is 4.40. The molecule has 13 heavy (non-hydrogen) atoms. The lowest BCUT2D eigenvalue weighted by Crippen LogP contribution is -1.86. The first-order valence-corrected chi connectivity index (χ1v) is 5.61. The van der Waals surface area contributed by atoms with Crippen molar-refractivity contribution < 1.29 is 9.90 Å². The fourth-order valence-corrected chi connectivity index (χ4v) is 2.82. The van der Waals surface area contributed by atoms with Crippen molar-refractivity contribution in [2.24, 2.45) is 0 Å². The molecule has 0 radical (unpaired) electrons. The molecular formula is C9H6I2O2. The Kier molecular flexibility index (Phi) is 4.17. The van der Waals surface area contributed by atoms with Gasteiger partial charge in [-0.2, -0.15) is 0 Å². The van der Waals surface area contributed by atoms with Crippen molar-refractivity contribution in [2.45, 2.75) is 0 Å². The van der Waals surface area contributed by atoms with Gasteiger partial charge in [-0.3, -0.25) is 0 Å². The molecule has 4 heteroatoms. The van der Waals surface area contributed by atoms with Crippen LogP contribution in [0.1, 0.15) is 5.56 Å². The van der Waals surface area contributed by atoms with Crippen molar-refractivity contribution in [3.05, 3.63) is 37.0 Å². The second kappa shape index (κ2) is 4.94. The number of hydrogen-bond donors (Lipinski definition) is 1. The Labute approximate surface area is 103 Å². The number of rotatable bonds is 2. The number of hydrogen-bond acceptors (Lipinski definition) is 1. The Bertz CT molecular complexity index is 338. The molecule has 0 bridgehead atoms. The van der Waals surface area contributed by atoms with Crippen LogP contribution < -0.4 is 0 Å². The minimum atomic E-state index is -0.922. The highest BCUT2D eigenvalue weighted by atomic mass is 127. The van der Waals surface area contributed by atoms with Gasteiger partial charge >= 0.3 is 5.97 Å². The van der Waals surface area contributed by atoms with E-state index in [9.17, 15) is 4.79 Å². The van der Waals surface area contributed by atoms with Crippen molar-refractivity contribution in [1.29, 1.82) is 0 Å². The van der Waals surface area contributed by atoms with E-state index in [1.54, 1.807) is 6.08 Å². The smallest absolute Gasteiger partial charge is 0.328 e. The highest BCUT2D eigenvalue weighted by molar-refractivity contribution is 14.1. The average Bonchev–Trinajstić information content (AvgIpc) is 1.99. The van der Waals surface area contributed by atoms with Gasteiger partial charge in [-0.15, -0.1) is 0 Å². The van der Waals surface area contributed by atoms with E-state index >= 15 is 0 Å². The summed E-state index contributed by atoms with van der Waals surface area (Å²) in [6, 6.07) is 5.89. The van der Waals surface area contributed by atoms with Gasteiger partial charge in [0.25, 0.3) is 0 Å². The van der Waals surface area contributed by atoms with E-state index in [1.807, 2.05) is 18.2 Å². The Hall–Kier alpha value is -0.110. The molecule has 0 saturated heterocycles. The predicted molar refractivity (Wildman–Crippen MR) is 68.5 cm³/mol. The van der Waals surface area contributed by atoms with Gasteiger partial charge in [0, 0.05) is 13.2 Å². The van der Waals surface area contributed by atoms with Gasteiger partial charge in [-0.25, -0.2) is 4.79 Å². The van der Waals surface area contributed by atoms with Gasteiger partial charge in [0.05, 0.1) is 0 Å². The maximum Gasteiger partial charge on any atom is 0.328 e. The number of halogens is 2. The van der Waals surface area contributed by atoms with E-state index in [0.717, 1.165) is 18.8 Å². The topological polar surface area (TPSA) is 37.3 Å². The monoisotopic (exact) mass is 400 g/mol. The standard InChI is InChI=1S/C9H6I2O2/c10-7-3-6(1-2-9(12)13)4-8(11)5-7/h1-5H,(H,12,13). The van der Waals surface area contributed by atoms with Crippen LogP contribution in [0, 0.1) is 7.14 Å². The predicted octanol–water partition coefficient (Wildman–Crippen LogP) is 2.99. The van der Waals surface area contributed by atoms with Crippen molar-refractivity contribution in [3.8, 4) is 0 Å². The van der Waals surface area contributed by atoms with Crippen LogP contribution in [0.15, 0.2) is 24.3 Å². The number of carboxylic acids is 1. The van der Waals surface area contributed by atoms with Crippen LogP contribution in [0.25, 0.3) is 6.08 Å². The summed E-state index contributed by atoms with van der Waals surface area (Å²) in [6.07, 6.45) is 2.73. The summed E-state index contributed by atoms with van der Waals surface area (Å²) < 4.78 is 2.21. The van der Waals surface area contributed by atoms with E-state index < -0.39 is 5.97 Å². The Morgan fingerprint density at radius 3 is 2.23 bits per heavy atom. The zero-order valence-corrected chi connectivity index (χ0v) is 10.8. The quantitative estimate of drug-likeness (QED) is 0.613. The van der Waals surface area contributed by atoms with E-state index in [-0.39, 0.29) is 0 Å². The Balaban J connectivity index is 2.95. The molecule has 1 rings (SSSR count). The molecule has 1 aromatic carbocycles. The van der Waals surface area contributed by atoms with E-state index in [2.05, 4.69) is 45.2 Å². The third-order valence-electron chi connectivity index (χ3n) is 1.30. The second-order valence-corrected chi connectivity index (χ2v) is 4.87. The summed E-state index contributed by atoms with van der Waals surface area (Å²) in [5.41, 5.74) is 0.915. The third-order valence-corrected chi connectivity index (χ3v) is 2.55. The minimum absolute atomic E-state index is 0.915. The van der Waals surface area contributed by atoms with E-state index in [4.69, 9.17) is 5.11 Å². The fraction of sp³-hybridized carbons (Fsp3) is 0. The van der Waals surface area contributed by atoms with E-state index in [0.29, 0.717) is 0 Å². The molecule has 0 aliphatic rings. The Morgan fingerprint density at radius 1 is 1.23 bits per heavy atom. The lowest BCUT2D eigenvalue weighted by molar-refractivity contribution is -0.131. The molecule has 0 spiro atoms. The molecule has 0 fully saturated rings. The summed E-state index contributed by atoms with van der Waals surface area (Å²) in [4.78, 5) is 10.3. The highest BCUT2D eigenvalue weighted by Crippen LogP contribution is 2.15. The number of carbonyl (C=O) groups is 1. The summed E-state index contributed by atoms with van der Waals surface area (Å²) in [7, 11) is 0. The van der Waals surface area contributed by atoms with Crippen LogP contribution in [0.4, 0.5) is 0 Å². The molecule has 0 amide bonds. The van der Waals surface area contributed by atoms with Gasteiger partial charge in [0.2, 0.25) is 0 Å². The van der Waals surface area contributed by atoms with Gasteiger partial charge in [-0.1, -0.05) is 0 Å². The van der Waals surface area contributed by atoms with Crippen molar-refractivity contribution >= 4 is 57.2 Å². The Morgan fingerprint density at radius 2 is 1.77 bits per heavy atom. The normalized spacial score (nSPS) is 10.6. The first-order valence-electron chi connectivity index (χ1n) is 3.45. The van der Waals surface area contributed by atoms with Crippen LogP contribution >= 0.6 is 45.2 Å². The summed E-state index contributed by atoms with van der Waals surface area (Å²) in [6.45, 7) is 0. The van der Waals surface area contributed by atoms with E-state index in [1.165, 1.54) is 0 Å². The zero-order valence-electron chi connectivity index (χ0n) is 6.50. The first-order chi connectivity index (χ1) is 6.08. The van der Waals surface area contributed by atoms with Crippen LogP contribution in [0.2, 0.25) is 0 Å². The maximum atomic E-state index is 10.3.